The van der Waals surface area contributed by atoms with Crippen molar-refractivity contribution in [3.05, 3.63) is 99.4 Å². The Bertz CT molecular complexity index is 2450. The quantitative estimate of drug-likeness (QED) is 0.0642. The molecular formula is C37H48Cl2F2N8O8S3. The summed E-state index contributed by atoms with van der Waals surface area (Å²) >= 11 is 13.0. The molecule has 0 unspecified atom stereocenters. The van der Waals surface area contributed by atoms with Gasteiger partial charge in [-0.05, 0) is 56.2 Å². The Morgan fingerprint density at radius 1 is 0.850 bits per heavy atom. The van der Waals surface area contributed by atoms with E-state index in [0.29, 0.717) is 30.0 Å². The first kappa shape index (κ1) is 53.1. The van der Waals surface area contributed by atoms with Crippen LogP contribution in [0.25, 0.3) is 5.65 Å². The Hall–Kier alpha value is -4.96. The van der Waals surface area contributed by atoms with Gasteiger partial charge in [-0.2, -0.15) is 5.10 Å². The minimum absolute atomic E-state index is 0. The molecule has 1 aliphatic rings. The average molecular weight is 938 g/mol. The molecule has 2 aromatic heterocycles. The second-order valence-corrected chi connectivity index (χ2v) is 17.1. The standard InChI is InChI=1S/C17H20ClFN4O5S2.C17H16ClFN4O3S.3CH4/c1-3-7-30(26,27)23-12-6-5-11(18)14(15(12)19)16(25)20-17-22-21-10(9-29-17)8-13(24)28-4-2;1-2-9-27(25,26)22-12-7-6-11(18)15(16(12)19)17(24)21-14-10-20-13-5-3-4-8-23(13)14;;;/h5-6,8,21,23H,3-4,7,9H2,1-2H3,(H,20,22,25);3-8,10,22H,2,9H2,1H3,(H,21,24);3*1H4/b10-8+;;;;. The molecule has 60 heavy (non-hydrogen) atoms. The molecular weight excluding hydrogens is 890 g/mol. The van der Waals surface area contributed by atoms with E-state index in [9.17, 15) is 40.0 Å². The number of rotatable bonds is 13. The molecule has 0 atom stereocenters. The zero-order valence-electron chi connectivity index (χ0n) is 30.4. The van der Waals surface area contributed by atoms with Gasteiger partial charge in [0, 0.05) is 18.0 Å². The highest BCUT2D eigenvalue weighted by Crippen LogP contribution is 2.29. The molecule has 0 spiro atoms. The minimum atomic E-state index is -3.76. The van der Waals surface area contributed by atoms with Crippen molar-refractivity contribution in [3.8, 4) is 0 Å². The molecule has 330 valence electrons. The Morgan fingerprint density at radius 3 is 1.87 bits per heavy atom. The number of anilines is 3. The van der Waals surface area contributed by atoms with Crippen molar-refractivity contribution in [2.24, 2.45) is 5.10 Å². The van der Waals surface area contributed by atoms with Crippen molar-refractivity contribution in [3.63, 3.8) is 0 Å². The van der Waals surface area contributed by atoms with Gasteiger partial charge in [-0.1, -0.05) is 77.2 Å². The number of amides is 2. The van der Waals surface area contributed by atoms with Crippen molar-refractivity contribution in [1.82, 2.24) is 20.1 Å². The van der Waals surface area contributed by atoms with Crippen LogP contribution in [0.5, 0.6) is 0 Å². The Balaban J connectivity index is 0.000000574. The van der Waals surface area contributed by atoms with Crippen molar-refractivity contribution >= 4 is 101 Å². The zero-order valence-corrected chi connectivity index (χ0v) is 34.3. The fourth-order valence-corrected chi connectivity index (χ4v) is 8.26. The first-order valence-corrected chi connectivity index (χ1v) is 21.9. The van der Waals surface area contributed by atoms with Crippen LogP contribution >= 0.6 is 35.0 Å². The van der Waals surface area contributed by atoms with Crippen molar-refractivity contribution < 1.29 is 44.7 Å². The van der Waals surface area contributed by atoms with E-state index >= 15 is 0 Å². The molecule has 23 heteroatoms. The van der Waals surface area contributed by atoms with Gasteiger partial charge >= 0.3 is 5.97 Å². The van der Waals surface area contributed by atoms with Crippen LogP contribution in [0.15, 0.2) is 71.7 Å². The van der Waals surface area contributed by atoms with E-state index < -0.39 is 60.6 Å². The van der Waals surface area contributed by atoms with Crippen molar-refractivity contribution in [2.75, 3.05) is 38.6 Å². The van der Waals surface area contributed by atoms with Crippen LogP contribution in [0.1, 0.15) is 76.6 Å². The molecule has 0 aliphatic carbocycles. The maximum absolute atomic E-state index is 14.8. The van der Waals surface area contributed by atoms with Gasteiger partial charge in [-0.3, -0.25) is 34.2 Å². The van der Waals surface area contributed by atoms with Crippen LogP contribution in [0.2, 0.25) is 10.0 Å². The summed E-state index contributed by atoms with van der Waals surface area (Å²) in [6.07, 6.45) is 5.06. The molecule has 5 rings (SSSR count). The van der Waals surface area contributed by atoms with E-state index in [-0.39, 0.29) is 72.7 Å². The van der Waals surface area contributed by atoms with Crippen LogP contribution in [-0.2, 0) is 29.6 Å². The molecule has 16 nitrogen and oxygen atoms in total. The second kappa shape index (κ2) is 23.7. The van der Waals surface area contributed by atoms with Crippen LogP contribution in [0.4, 0.5) is 26.0 Å². The van der Waals surface area contributed by atoms with Gasteiger partial charge < -0.3 is 10.1 Å². The number of amidine groups is 1. The van der Waals surface area contributed by atoms with Gasteiger partial charge in [-0.25, -0.2) is 35.4 Å². The third-order valence-corrected chi connectivity index (χ3v) is 11.7. The summed E-state index contributed by atoms with van der Waals surface area (Å²) in [5.74, 6) is -4.16. The number of aromatic nitrogens is 2. The van der Waals surface area contributed by atoms with Gasteiger partial charge in [0.2, 0.25) is 20.0 Å². The molecule has 0 radical (unpaired) electrons. The highest BCUT2D eigenvalue weighted by molar-refractivity contribution is 8.14. The first-order chi connectivity index (χ1) is 27.0. The predicted octanol–water partition coefficient (Wildman–Crippen LogP) is 7.85. The summed E-state index contributed by atoms with van der Waals surface area (Å²) in [5, 5.41) is 8.62. The molecule has 0 saturated heterocycles. The number of ether oxygens (including phenoxy) is 1. The summed E-state index contributed by atoms with van der Waals surface area (Å²) in [6, 6.07) is 10.1. The van der Waals surface area contributed by atoms with Crippen molar-refractivity contribution in [2.45, 2.75) is 55.9 Å². The van der Waals surface area contributed by atoms with E-state index in [1.165, 1.54) is 30.5 Å². The number of halogens is 4. The number of imidazole rings is 1. The maximum atomic E-state index is 14.8. The fourth-order valence-electron chi connectivity index (χ4n) is 4.81. The molecule has 2 aromatic carbocycles. The van der Waals surface area contributed by atoms with Crippen LogP contribution in [0, 0.1) is 11.6 Å². The summed E-state index contributed by atoms with van der Waals surface area (Å²) in [5.41, 5.74) is 1.96. The Kier molecular flexibility index (Phi) is 21.0. The maximum Gasteiger partial charge on any atom is 0.332 e. The molecule has 5 N–H and O–H groups in total. The van der Waals surface area contributed by atoms with Gasteiger partial charge in [0.25, 0.3) is 11.8 Å². The van der Waals surface area contributed by atoms with Crippen molar-refractivity contribution in [1.29, 1.82) is 0 Å². The van der Waals surface area contributed by atoms with Crippen LogP contribution < -0.4 is 25.5 Å². The van der Waals surface area contributed by atoms with E-state index in [2.05, 4.69) is 35.6 Å². The Labute approximate surface area is 363 Å². The number of pyridine rings is 1. The lowest BCUT2D eigenvalue weighted by Gasteiger charge is -2.17. The van der Waals surface area contributed by atoms with E-state index in [1.54, 1.807) is 49.6 Å². The summed E-state index contributed by atoms with van der Waals surface area (Å²) < 4.78 is 87.8. The molecule has 4 aromatic rings. The minimum Gasteiger partial charge on any atom is -0.463 e. The third-order valence-electron chi connectivity index (χ3n) is 7.24. The predicted molar refractivity (Wildman–Crippen MR) is 237 cm³/mol. The smallest absolute Gasteiger partial charge is 0.332 e. The first-order valence-electron chi connectivity index (χ1n) is 16.8. The number of hydrazone groups is 1. The number of hydrogen-bond donors (Lipinski definition) is 5. The summed E-state index contributed by atoms with van der Waals surface area (Å²) in [7, 11) is -7.48. The number of nitrogens with one attached hydrogen (secondary N) is 5. The lowest BCUT2D eigenvalue weighted by Crippen LogP contribution is -2.34. The number of carbonyl (C=O) groups excluding carboxylic acids is 3. The van der Waals surface area contributed by atoms with E-state index in [0.717, 1.165) is 17.8 Å². The van der Waals surface area contributed by atoms with Gasteiger partial charge in [-0.15, -0.1) is 0 Å². The van der Waals surface area contributed by atoms with Crippen LogP contribution in [0.3, 0.4) is 0 Å². The third kappa shape index (κ3) is 14.4. The number of nitrogens with zero attached hydrogens (tertiary/aromatic N) is 3. The van der Waals surface area contributed by atoms with Gasteiger partial charge in [0.05, 0.1) is 62.6 Å². The Morgan fingerprint density at radius 2 is 1.38 bits per heavy atom. The lowest BCUT2D eigenvalue weighted by atomic mass is 10.1. The number of thioether (sulfide) groups is 1. The number of esters is 1. The largest absolute Gasteiger partial charge is 0.463 e. The number of fused-ring (bicyclic) bond motifs is 1. The summed E-state index contributed by atoms with van der Waals surface area (Å²) in [6.45, 7) is 5.27. The van der Waals surface area contributed by atoms with E-state index in [1.807, 2.05) is 0 Å². The highest BCUT2D eigenvalue weighted by Gasteiger charge is 2.25. The van der Waals surface area contributed by atoms with Gasteiger partial charge in [0.1, 0.15) is 11.5 Å². The highest BCUT2D eigenvalue weighted by atomic mass is 35.5. The molecule has 3 heterocycles. The number of benzene rings is 2. The topological polar surface area (TPSA) is 219 Å². The van der Waals surface area contributed by atoms with E-state index in [4.69, 9.17) is 27.9 Å². The number of hydrogen-bond acceptors (Lipinski definition) is 12. The number of carbonyl (C=O) groups is 3. The lowest BCUT2D eigenvalue weighted by molar-refractivity contribution is -0.137. The molecule has 0 saturated carbocycles. The normalized spacial score (nSPS) is 12.8. The summed E-state index contributed by atoms with van der Waals surface area (Å²) in [4.78, 5) is 40.7. The number of sulfonamides is 2. The zero-order chi connectivity index (χ0) is 41.9. The SMILES string of the molecule is C.C.C.CCCS(=O)(=O)Nc1ccc(Cl)c(C(=O)NC2=NN/C(=C/C(=O)OCC)CS2)c1F.CCCS(=O)(=O)Nc1ccc(Cl)c(C(=O)Nc2cnc3ccccn23)c1F. The molecule has 1 aliphatic heterocycles. The monoisotopic (exact) mass is 936 g/mol. The second-order valence-electron chi connectivity index (χ2n) is 11.6. The average Bonchev–Trinajstić information content (AvgIpc) is 3.54. The molecule has 0 fully saturated rings. The molecule has 2 amide bonds. The van der Waals surface area contributed by atoms with Gasteiger partial charge in [0.15, 0.2) is 16.8 Å². The molecule has 0 bridgehead atoms. The van der Waals surface area contributed by atoms with Crippen LogP contribution in [-0.4, -0.2) is 73.0 Å². The fraction of sp³-hybridized carbons (Fsp3) is 0.324.